The van der Waals surface area contributed by atoms with E-state index >= 15 is 0 Å². The van der Waals surface area contributed by atoms with Gasteiger partial charge in [0, 0.05) is 9.75 Å². The molecule has 0 fully saturated rings. The summed E-state index contributed by atoms with van der Waals surface area (Å²) in [6.07, 6.45) is -0.176. The molecule has 0 atom stereocenters. The number of hydrogen-bond acceptors (Lipinski definition) is 7. The molecule has 158 valence electrons. The van der Waals surface area contributed by atoms with Gasteiger partial charge in [-0.1, -0.05) is 41.5 Å². The highest BCUT2D eigenvalue weighted by molar-refractivity contribution is 7.93. The molecule has 0 bridgehead atoms. The first kappa shape index (κ1) is 23.3. The van der Waals surface area contributed by atoms with Crippen LogP contribution in [0.15, 0.2) is 4.34 Å². The maximum Gasteiger partial charge on any atom is 0.307 e. The second-order valence-corrected chi connectivity index (χ2v) is 14.4. The summed E-state index contributed by atoms with van der Waals surface area (Å²) in [6.45, 7) is 18.0. The third kappa shape index (κ3) is 5.33. The standard InChI is InChI=1S/C20H31NO4S3/c1-18(2,3)15-13-14(16(27-15)19(4,5)6)26-17(21-13)28(23,24)11-10-12(22)25-20(7,8)9/h10-11H2,1-9H3. The summed E-state index contributed by atoms with van der Waals surface area (Å²) >= 11 is 2.93. The van der Waals surface area contributed by atoms with E-state index in [-0.39, 0.29) is 27.3 Å². The summed E-state index contributed by atoms with van der Waals surface area (Å²) in [6, 6.07) is 0. The van der Waals surface area contributed by atoms with Crippen LogP contribution in [0.3, 0.4) is 0 Å². The van der Waals surface area contributed by atoms with E-state index < -0.39 is 21.4 Å². The molecule has 8 heteroatoms. The quantitative estimate of drug-likeness (QED) is 0.584. The van der Waals surface area contributed by atoms with Gasteiger partial charge in [0.25, 0.3) is 0 Å². The van der Waals surface area contributed by atoms with E-state index in [9.17, 15) is 13.2 Å². The first-order valence-electron chi connectivity index (χ1n) is 9.31. The maximum absolute atomic E-state index is 12.8. The van der Waals surface area contributed by atoms with E-state index in [1.165, 1.54) is 11.3 Å². The maximum atomic E-state index is 12.8. The Hall–Kier alpha value is -0.990. The Kier molecular flexibility index (Phi) is 6.12. The molecule has 0 aromatic carbocycles. The molecule has 5 nitrogen and oxygen atoms in total. The molecule has 2 heterocycles. The zero-order valence-corrected chi connectivity index (χ0v) is 20.7. The van der Waals surface area contributed by atoms with Crippen molar-refractivity contribution in [3.8, 4) is 0 Å². The lowest BCUT2D eigenvalue weighted by molar-refractivity contribution is -0.154. The normalized spacial score (nSPS) is 13.9. The lowest BCUT2D eigenvalue weighted by Gasteiger charge is -2.19. The lowest BCUT2D eigenvalue weighted by Crippen LogP contribution is -2.25. The number of sulfone groups is 1. The van der Waals surface area contributed by atoms with Crippen LogP contribution in [0.4, 0.5) is 0 Å². The van der Waals surface area contributed by atoms with Gasteiger partial charge in [-0.25, -0.2) is 13.4 Å². The predicted molar refractivity (Wildman–Crippen MR) is 117 cm³/mol. The monoisotopic (exact) mass is 445 g/mol. The molecule has 28 heavy (non-hydrogen) atoms. The highest BCUT2D eigenvalue weighted by Gasteiger charge is 2.32. The van der Waals surface area contributed by atoms with Crippen LogP contribution in [-0.4, -0.2) is 30.7 Å². The minimum absolute atomic E-state index is 0.0878. The van der Waals surface area contributed by atoms with Crippen molar-refractivity contribution in [1.82, 2.24) is 4.98 Å². The minimum Gasteiger partial charge on any atom is -0.460 e. The molecule has 0 amide bonds. The van der Waals surface area contributed by atoms with Gasteiger partial charge in [-0.05, 0) is 31.6 Å². The Balaban J connectivity index is 2.42. The molecule has 2 aromatic heterocycles. The summed E-state index contributed by atoms with van der Waals surface area (Å²) in [4.78, 5) is 18.7. The molecular formula is C20H31NO4S3. The highest BCUT2D eigenvalue weighted by Crippen LogP contribution is 2.46. The van der Waals surface area contributed by atoms with E-state index in [0.717, 1.165) is 20.0 Å². The number of ether oxygens (including phenoxy) is 1. The van der Waals surface area contributed by atoms with Crippen LogP contribution in [0.25, 0.3) is 10.2 Å². The second-order valence-electron chi connectivity index (χ2n) is 10.1. The number of esters is 1. The van der Waals surface area contributed by atoms with Crippen molar-refractivity contribution in [3.63, 3.8) is 0 Å². The molecule has 0 aliphatic rings. The number of thiophene rings is 1. The number of carbonyl (C=O) groups is 1. The van der Waals surface area contributed by atoms with Gasteiger partial charge in [-0.2, -0.15) is 0 Å². The third-order valence-electron chi connectivity index (χ3n) is 3.86. The summed E-state index contributed by atoms with van der Waals surface area (Å²) in [5.41, 5.74) is -0.0782. The third-order valence-corrected chi connectivity index (χ3v) is 9.26. The molecule has 0 aliphatic heterocycles. The smallest absolute Gasteiger partial charge is 0.307 e. The molecule has 2 rings (SSSR count). The van der Waals surface area contributed by atoms with Gasteiger partial charge in [0.15, 0.2) is 0 Å². The zero-order valence-electron chi connectivity index (χ0n) is 18.2. The molecule has 0 spiro atoms. The van der Waals surface area contributed by atoms with E-state index in [1.54, 1.807) is 32.1 Å². The van der Waals surface area contributed by atoms with E-state index in [1.807, 2.05) is 0 Å². The van der Waals surface area contributed by atoms with Crippen molar-refractivity contribution in [2.24, 2.45) is 0 Å². The van der Waals surface area contributed by atoms with Gasteiger partial charge < -0.3 is 4.74 Å². The average molecular weight is 446 g/mol. The van der Waals surface area contributed by atoms with Gasteiger partial charge in [-0.15, -0.1) is 22.7 Å². The number of thiazole rings is 1. The van der Waals surface area contributed by atoms with Crippen molar-refractivity contribution in [1.29, 1.82) is 0 Å². The summed E-state index contributed by atoms with van der Waals surface area (Å²) in [7, 11) is -3.66. The van der Waals surface area contributed by atoms with Crippen molar-refractivity contribution in [2.45, 2.75) is 89.5 Å². The topological polar surface area (TPSA) is 73.3 Å². The van der Waals surface area contributed by atoms with Crippen molar-refractivity contribution < 1.29 is 17.9 Å². The molecule has 2 aromatic rings. The van der Waals surface area contributed by atoms with Crippen molar-refractivity contribution in [3.05, 3.63) is 9.75 Å². The number of rotatable bonds is 4. The fourth-order valence-corrected chi connectivity index (χ4v) is 7.01. The zero-order chi connectivity index (χ0) is 21.7. The van der Waals surface area contributed by atoms with E-state index in [0.29, 0.717) is 0 Å². The molecule has 0 saturated carbocycles. The van der Waals surface area contributed by atoms with Gasteiger partial charge in [0.1, 0.15) is 5.60 Å². The number of carbonyl (C=O) groups excluding carboxylic acids is 1. The van der Waals surface area contributed by atoms with Crippen molar-refractivity contribution in [2.75, 3.05) is 5.75 Å². The SMILES string of the molecule is CC(C)(C)OC(=O)CCS(=O)(=O)c1nc2c(C(C)(C)C)sc(C(C)(C)C)c2s1. The Bertz CT molecular complexity index is 931. The predicted octanol–water partition coefficient (Wildman–Crippen LogP) is 5.46. The first-order chi connectivity index (χ1) is 12.4. The van der Waals surface area contributed by atoms with Crippen LogP contribution >= 0.6 is 22.7 Å². The van der Waals surface area contributed by atoms with Crippen LogP contribution in [0.5, 0.6) is 0 Å². The summed E-state index contributed by atoms with van der Waals surface area (Å²) < 4.78 is 31.9. The number of nitrogens with zero attached hydrogens (tertiary/aromatic N) is 1. The fraction of sp³-hybridized carbons (Fsp3) is 0.700. The molecule has 0 unspecified atom stereocenters. The number of hydrogen-bond donors (Lipinski definition) is 0. The Labute approximate surface area is 176 Å². The first-order valence-corrected chi connectivity index (χ1v) is 12.6. The Morgan fingerprint density at radius 3 is 1.93 bits per heavy atom. The fourth-order valence-electron chi connectivity index (χ4n) is 2.64. The summed E-state index contributed by atoms with van der Waals surface area (Å²) in [5, 5.41) is 0. The van der Waals surface area contributed by atoms with E-state index in [4.69, 9.17) is 4.74 Å². The van der Waals surface area contributed by atoms with Crippen LogP contribution < -0.4 is 0 Å². The largest absolute Gasteiger partial charge is 0.460 e. The van der Waals surface area contributed by atoms with Crippen LogP contribution in [0.1, 0.15) is 78.5 Å². The molecular weight excluding hydrogens is 414 g/mol. The highest BCUT2D eigenvalue weighted by atomic mass is 32.2. The van der Waals surface area contributed by atoms with Gasteiger partial charge in [0.2, 0.25) is 14.2 Å². The van der Waals surface area contributed by atoms with Gasteiger partial charge in [0.05, 0.1) is 22.4 Å². The average Bonchev–Trinajstić information content (AvgIpc) is 2.99. The lowest BCUT2D eigenvalue weighted by atomic mass is 9.92. The van der Waals surface area contributed by atoms with Gasteiger partial charge in [-0.3, -0.25) is 4.79 Å². The Morgan fingerprint density at radius 1 is 0.929 bits per heavy atom. The second kappa shape index (κ2) is 7.36. The molecule has 0 saturated heterocycles. The van der Waals surface area contributed by atoms with Crippen LogP contribution in [0, 0.1) is 0 Å². The summed E-state index contributed by atoms with van der Waals surface area (Å²) in [5.74, 6) is -0.809. The number of fused-ring (bicyclic) bond motifs is 1. The van der Waals surface area contributed by atoms with E-state index in [2.05, 4.69) is 46.5 Å². The van der Waals surface area contributed by atoms with Gasteiger partial charge >= 0.3 is 5.97 Å². The molecule has 0 radical (unpaired) electrons. The molecule has 0 aliphatic carbocycles. The van der Waals surface area contributed by atoms with Crippen molar-refractivity contribution >= 4 is 48.7 Å². The van der Waals surface area contributed by atoms with Crippen LogP contribution in [-0.2, 0) is 30.2 Å². The molecule has 0 N–H and O–H groups in total. The minimum atomic E-state index is -3.66. The Morgan fingerprint density at radius 2 is 1.46 bits per heavy atom. The van der Waals surface area contributed by atoms with Crippen LogP contribution in [0.2, 0.25) is 0 Å². The number of aromatic nitrogens is 1.